The normalized spacial score (nSPS) is 23.2. The summed E-state index contributed by atoms with van der Waals surface area (Å²) in [6.07, 6.45) is 3.27. The molecule has 17 heavy (non-hydrogen) atoms. The van der Waals surface area contributed by atoms with Gasteiger partial charge >= 0.3 is 11.6 Å². The van der Waals surface area contributed by atoms with Gasteiger partial charge in [-0.2, -0.15) is 0 Å². The van der Waals surface area contributed by atoms with E-state index in [-0.39, 0.29) is 17.7 Å². The maximum Gasteiger partial charge on any atom is 0.350 e. The summed E-state index contributed by atoms with van der Waals surface area (Å²) in [7, 11) is 3.56. The van der Waals surface area contributed by atoms with Gasteiger partial charge < -0.3 is 10.1 Å². The Labute approximate surface area is 98.9 Å². The molecule has 1 aromatic heterocycles. The Bertz CT molecular complexity index is 412. The Hall–Kier alpha value is -1.63. The van der Waals surface area contributed by atoms with E-state index in [1.165, 1.54) is 10.9 Å². The van der Waals surface area contributed by atoms with Crippen LogP contribution >= 0.6 is 0 Å². The monoisotopic (exact) mass is 240 g/mol. The topological polar surface area (TPSA) is 82.2 Å². The van der Waals surface area contributed by atoms with Gasteiger partial charge in [0.15, 0.2) is 0 Å². The van der Waals surface area contributed by atoms with Crippen LogP contribution in [0.4, 0.5) is 5.69 Å². The van der Waals surface area contributed by atoms with Crippen LogP contribution in [-0.2, 0) is 7.05 Å². The third-order valence-corrected chi connectivity index (χ3v) is 2.94. The van der Waals surface area contributed by atoms with Gasteiger partial charge in [-0.25, -0.2) is 0 Å². The molecule has 94 valence electrons. The molecular formula is C10H16N4O3. The first kappa shape index (κ1) is 11.8. The van der Waals surface area contributed by atoms with E-state index in [0.717, 1.165) is 19.4 Å². The SMILES string of the molecule is CNCC1CC(Oc2nn(C)cc2[N+](=O)[O-])C1. The van der Waals surface area contributed by atoms with Crippen LogP contribution in [-0.4, -0.2) is 34.4 Å². The summed E-state index contributed by atoms with van der Waals surface area (Å²) in [5, 5.41) is 17.8. The molecule has 0 saturated heterocycles. The van der Waals surface area contributed by atoms with Gasteiger partial charge in [-0.3, -0.25) is 14.8 Å². The minimum atomic E-state index is -0.466. The fraction of sp³-hybridized carbons (Fsp3) is 0.700. The Morgan fingerprint density at radius 3 is 3.00 bits per heavy atom. The van der Waals surface area contributed by atoms with E-state index in [4.69, 9.17) is 4.74 Å². The van der Waals surface area contributed by atoms with Crippen molar-refractivity contribution in [3.05, 3.63) is 16.3 Å². The van der Waals surface area contributed by atoms with Crippen molar-refractivity contribution < 1.29 is 9.66 Å². The molecule has 0 aliphatic heterocycles. The summed E-state index contributed by atoms with van der Waals surface area (Å²) >= 11 is 0. The number of aryl methyl sites for hydroxylation is 1. The molecule has 0 bridgehead atoms. The average molecular weight is 240 g/mol. The Kier molecular flexibility index (Phi) is 3.28. The summed E-state index contributed by atoms with van der Waals surface area (Å²) in [5.41, 5.74) is -0.0652. The van der Waals surface area contributed by atoms with E-state index in [2.05, 4.69) is 10.4 Å². The van der Waals surface area contributed by atoms with Crippen LogP contribution in [0.5, 0.6) is 5.88 Å². The fourth-order valence-electron chi connectivity index (χ4n) is 2.05. The van der Waals surface area contributed by atoms with Crippen LogP contribution in [0, 0.1) is 16.0 Å². The lowest BCUT2D eigenvalue weighted by Crippen LogP contribution is -2.38. The predicted octanol–water partition coefficient (Wildman–Crippen LogP) is 0.705. The van der Waals surface area contributed by atoms with Crippen molar-refractivity contribution in [2.24, 2.45) is 13.0 Å². The largest absolute Gasteiger partial charge is 0.468 e. The zero-order valence-electron chi connectivity index (χ0n) is 9.92. The Morgan fingerprint density at radius 2 is 2.41 bits per heavy atom. The van der Waals surface area contributed by atoms with Crippen LogP contribution < -0.4 is 10.1 Å². The highest BCUT2D eigenvalue weighted by molar-refractivity contribution is 5.38. The van der Waals surface area contributed by atoms with Gasteiger partial charge in [-0.1, -0.05) is 0 Å². The quantitative estimate of drug-likeness (QED) is 0.605. The number of hydrogen-bond donors (Lipinski definition) is 1. The number of rotatable bonds is 5. The van der Waals surface area contributed by atoms with E-state index in [1.807, 2.05) is 7.05 Å². The van der Waals surface area contributed by atoms with Crippen molar-refractivity contribution >= 4 is 5.69 Å². The molecule has 0 amide bonds. The van der Waals surface area contributed by atoms with E-state index in [9.17, 15) is 10.1 Å². The highest BCUT2D eigenvalue weighted by Gasteiger charge is 2.33. The first-order valence-corrected chi connectivity index (χ1v) is 5.59. The van der Waals surface area contributed by atoms with Crippen molar-refractivity contribution in [1.82, 2.24) is 15.1 Å². The maximum absolute atomic E-state index is 10.8. The number of nitrogens with zero attached hydrogens (tertiary/aromatic N) is 3. The second-order valence-corrected chi connectivity index (χ2v) is 4.39. The van der Waals surface area contributed by atoms with Gasteiger partial charge in [0.05, 0.1) is 4.92 Å². The molecule has 0 atom stereocenters. The first-order chi connectivity index (χ1) is 8.10. The minimum Gasteiger partial charge on any atom is -0.468 e. The van der Waals surface area contributed by atoms with Crippen molar-refractivity contribution in [3.63, 3.8) is 0 Å². The lowest BCUT2D eigenvalue weighted by Gasteiger charge is -2.34. The average Bonchev–Trinajstić information content (AvgIpc) is 2.56. The number of nitro groups is 1. The molecule has 0 unspecified atom stereocenters. The molecule has 0 aromatic carbocycles. The fourth-order valence-corrected chi connectivity index (χ4v) is 2.05. The Morgan fingerprint density at radius 1 is 1.71 bits per heavy atom. The zero-order valence-corrected chi connectivity index (χ0v) is 9.92. The third-order valence-electron chi connectivity index (χ3n) is 2.94. The lowest BCUT2D eigenvalue weighted by atomic mass is 9.82. The molecule has 1 N–H and O–H groups in total. The van der Waals surface area contributed by atoms with Gasteiger partial charge in [0.2, 0.25) is 0 Å². The maximum atomic E-state index is 10.8. The molecule has 0 spiro atoms. The molecule has 7 nitrogen and oxygen atoms in total. The summed E-state index contributed by atoms with van der Waals surface area (Å²) in [6.45, 7) is 0.962. The van der Waals surface area contributed by atoms with Crippen molar-refractivity contribution in [3.8, 4) is 5.88 Å². The summed E-state index contributed by atoms with van der Waals surface area (Å²) in [5.74, 6) is 0.734. The van der Waals surface area contributed by atoms with E-state index in [0.29, 0.717) is 5.92 Å². The van der Waals surface area contributed by atoms with Crippen molar-refractivity contribution in [2.45, 2.75) is 18.9 Å². The second-order valence-electron chi connectivity index (χ2n) is 4.39. The third kappa shape index (κ3) is 2.55. The summed E-state index contributed by atoms with van der Waals surface area (Å²) < 4.78 is 6.94. The van der Waals surface area contributed by atoms with Gasteiger partial charge in [0.1, 0.15) is 12.3 Å². The molecule has 1 heterocycles. The zero-order chi connectivity index (χ0) is 12.4. The molecule has 7 heteroatoms. The van der Waals surface area contributed by atoms with Crippen LogP contribution in [0.2, 0.25) is 0 Å². The van der Waals surface area contributed by atoms with Crippen LogP contribution in [0.25, 0.3) is 0 Å². The van der Waals surface area contributed by atoms with Gasteiger partial charge in [-0.05, 0) is 32.4 Å². The van der Waals surface area contributed by atoms with Crippen LogP contribution in [0.3, 0.4) is 0 Å². The number of hydrogen-bond acceptors (Lipinski definition) is 5. The van der Waals surface area contributed by atoms with E-state index >= 15 is 0 Å². The smallest absolute Gasteiger partial charge is 0.350 e. The molecule has 1 aromatic rings. The molecular weight excluding hydrogens is 224 g/mol. The summed E-state index contributed by atoms with van der Waals surface area (Å²) in [4.78, 5) is 10.3. The van der Waals surface area contributed by atoms with Crippen LogP contribution in [0.15, 0.2) is 6.20 Å². The van der Waals surface area contributed by atoms with Crippen LogP contribution in [0.1, 0.15) is 12.8 Å². The highest BCUT2D eigenvalue weighted by atomic mass is 16.6. The molecule has 2 rings (SSSR count). The lowest BCUT2D eigenvalue weighted by molar-refractivity contribution is -0.386. The standard InChI is InChI=1S/C10H16N4O3/c1-11-5-7-3-8(4-7)17-10-9(14(15)16)6-13(2)12-10/h6-8,11H,3-5H2,1-2H3. The van der Waals surface area contributed by atoms with Crippen molar-refractivity contribution in [1.29, 1.82) is 0 Å². The molecule has 1 saturated carbocycles. The predicted molar refractivity (Wildman–Crippen MR) is 60.9 cm³/mol. The van der Waals surface area contributed by atoms with Gasteiger partial charge in [-0.15, -0.1) is 5.10 Å². The second kappa shape index (κ2) is 4.70. The molecule has 0 radical (unpaired) electrons. The van der Waals surface area contributed by atoms with E-state index < -0.39 is 4.92 Å². The summed E-state index contributed by atoms with van der Waals surface area (Å²) in [6, 6.07) is 0. The molecule has 1 aliphatic carbocycles. The van der Waals surface area contributed by atoms with Gasteiger partial charge in [0.25, 0.3) is 0 Å². The number of nitrogens with one attached hydrogen (secondary N) is 1. The van der Waals surface area contributed by atoms with Crippen molar-refractivity contribution in [2.75, 3.05) is 13.6 Å². The number of aromatic nitrogens is 2. The number of ether oxygens (including phenoxy) is 1. The highest BCUT2D eigenvalue weighted by Crippen LogP contribution is 2.33. The minimum absolute atomic E-state index is 0.0574. The molecule has 1 aliphatic rings. The van der Waals surface area contributed by atoms with E-state index in [1.54, 1.807) is 7.05 Å². The first-order valence-electron chi connectivity index (χ1n) is 5.59. The Balaban J connectivity index is 1.94. The van der Waals surface area contributed by atoms with Gasteiger partial charge in [0, 0.05) is 7.05 Å². The molecule has 1 fully saturated rings.